The Labute approximate surface area is 294 Å². The van der Waals surface area contributed by atoms with Gasteiger partial charge in [-0.25, -0.2) is 5.53 Å². The summed E-state index contributed by atoms with van der Waals surface area (Å²) < 4.78 is 23.0. The van der Waals surface area contributed by atoms with Gasteiger partial charge in [0.05, 0.1) is 29.1 Å². The summed E-state index contributed by atoms with van der Waals surface area (Å²) in [4.78, 5) is 16.0. The van der Waals surface area contributed by atoms with Gasteiger partial charge in [-0.2, -0.15) is 5.11 Å². The minimum atomic E-state index is -0.335. The van der Waals surface area contributed by atoms with E-state index in [0.717, 1.165) is 66.5 Å². The normalized spacial score (nSPS) is 13.2. The lowest BCUT2D eigenvalue weighted by Gasteiger charge is -2.27. The van der Waals surface area contributed by atoms with Crippen LogP contribution in [0.5, 0.6) is 17.2 Å². The summed E-state index contributed by atoms with van der Waals surface area (Å²) in [7, 11) is 1.71. The van der Waals surface area contributed by atoms with E-state index in [1.807, 2.05) is 54.3 Å². The number of methoxy groups -OCH3 is 1. The van der Waals surface area contributed by atoms with E-state index in [1.54, 1.807) is 7.11 Å². The largest absolute Gasteiger partial charge is 0.494 e. The van der Waals surface area contributed by atoms with Crippen molar-refractivity contribution < 1.29 is 23.7 Å². The topological polar surface area (TPSA) is 119 Å². The van der Waals surface area contributed by atoms with Crippen LogP contribution < -0.4 is 19.9 Å². The fraction of sp³-hybridized carbons (Fsp3) is 0.486. The fourth-order valence-electron chi connectivity index (χ4n) is 5.56. The van der Waals surface area contributed by atoms with Crippen molar-refractivity contribution in [1.29, 1.82) is 5.53 Å². The van der Waals surface area contributed by atoms with Gasteiger partial charge >= 0.3 is 0 Å². The number of benzene rings is 3. The molecule has 1 fully saturated rings. The molecule has 0 saturated heterocycles. The number of rotatable bonds is 22. The van der Waals surface area contributed by atoms with Gasteiger partial charge in [-0.1, -0.05) is 41.4 Å². The molecule has 0 radical (unpaired) electrons. The molecule has 0 bridgehead atoms. The van der Waals surface area contributed by atoms with Crippen LogP contribution in [-0.4, -0.2) is 63.5 Å². The summed E-state index contributed by atoms with van der Waals surface area (Å²) >= 11 is 12.5. The molecule has 1 atom stereocenters. The Balaban J connectivity index is 1.35. The first-order valence-corrected chi connectivity index (χ1v) is 17.4. The zero-order valence-electron chi connectivity index (χ0n) is 28.0. The molecular weight excluding hydrogens is 651 g/mol. The maximum absolute atomic E-state index is 14.0. The van der Waals surface area contributed by atoms with Crippen molar-refractivity contribution in [3.8, 4) is 17.2 Å². The zero-order chi connectivity index (χ0) is 34.3. The first kappa shape index (κ1) is 37.4. The van der Waals surface area contributed by atoms with Crippen molar-refractivity contribution in [2.45, 2.75) is 64.5 Å². The zero-order valence-corrected chi connectivity index (χ0v) is 29.5. The molecule has 0 spiro atoms. The lowest BCUT2D eigenvalue weighted by atomic mass is 9.97. The number of halogens is 2. The van der Waals surface area contributed by atoms with Crippen molar-refractivity contribution in [2.24, 2.45) is 16.8 Å². The van der Waals surface area contributed by atoms with E-state index >= 15 is 0 Å². The van der Waals surface area contributed by atoms with Gasteiger partial charge in [0.2, 0.25) is 5.91 Å². The number of carbonyl (C=O) groups is 1. The number of unbranched alkanes of at least 4 members (excludes halogenated alkanes) is 1. The number of hydrogen-bond acceptors (Lipinski definition) is 8. The number of carbonyl (C=O) groups excluding carboxylic acids is 1. The highest BCUT2D eigenvalue weighted by molar-refractivity contribution is 6.37. The molecule has 0 aromatic heterocycles. The molecule has 4 rings (SSSR count). The van der Waals surface area contributed by atoms with Gasteiger partial charge in [-0.05, 0) is 111 Å². The highest BCUT2D eigenvalue weighted by atomic mass is 35.5. The van der Waals surface area contributed by atoms with E-state index in [1.165, 1.54) is 0 Å². The fourth-order valence-corrected chi connectivity index (χ4v) is 6.27. The molecule has 1 saturated carbocycles. The molecule has 9 nitrogen and oxygen atoms in total. The quantitative estimate of drug-likeness (QED) is 0.0815. The van der Waals surface area contributed by atoms with Crippen LogP contribution in [0.3, 0.4) is 0 Å². The molecule has 11 heteroatoms. The van der Waals surface area contributed by atoms with Crippen LogP contribution in [0.25, 0.3) is 0 Å². The van der Waals surface area contributed by atoms with Crippen LogP contribution in [-0.2, 0) is 28.9 Å². The molecule has 0 heterocycles. The Bertz CT molecular complexity index is 1450. The minimum absolute atomic E-state index is 0.0808. The SMILES string of the molecule is COCCCc1cc(CN(C(=O)C(CN)Cc2ccc(OCCOc3c(Cl)cc(C)cc3Cl)cc2)C2CC2)cc(OCCCCN=N)c1. The Morgan fingerprint density at radius 2 is 1.58 bits per heavy atom. The van der Waals surface area contributed by atoms with Crippen molar-refractivity contribution in [3.63, 3.8) is 0 Å². The Kier molecular flexibility index (Phi) is 15.3. The maximum Gasteiger partial charge on any atom is 0.227 e. The molecule has 1 aliphatic rings. The average molecular weight is 700 g/mol. The number of hydrogen-bond donors (Lipinski definition) is 2. The number of ether oxygens (including phenoxy) is 4. The third-order valence-corrected chi connectivity index (χ3v) is 8.74. The van der Waals surface area contributed by atoms with E-state index in [-0.39, 0.29) is 31.0 Å². The van der Waals surface area contributed by atoms with E-state index in [9.17, 15) is 4.79 Å². The monoisotopic (exact) mass is 698 g/mol. The highest BCUT2D eigenvalue weighted by Crippen LogP contribution is 2.34. The van der Waals surface area contributed by atoms with Crippen molar-refractivity contribution in [2.75, 3.05) is 46.6 Å². The molecule has 3 N–H and O–H groups in total. The van der Waals surface area contributed by atoms with Crippen molar-refractivity contribution in [3.05, 3.63) is 86.9 Å². The number of aryl methyl sites for hydroxylation is 2. The number of nitrogens with zero attached hydrogens (tertiary/aromatic N) is 2. The van der Waals surface area contributed by atoms with Gasteiger partial charge in [-0.3, -0.25) is 4.79 Å². The predicted octanol–water partition coefficient (Wildman–Crippen LogP) is 7.84. The summed E-state index contributed by atoms with van der Waals surface area (Å²) in [6.07, 6.45) is 5.95. The van der Waals surface area contributed by atoms with Gasteiger partial charge in [0.1, 0.15) is 24.7 Å². The van der Waals surface area contributed by atoms with Crippen LogP contribution in [0.15, 0.2) is 59.7 Å². The van der Waals surface area contributed by atoms with Crippen molar-refractivity contribution >= 4 is 29.1 Å². The van der Waals surface area contributed by atoms with Crippen LogP contribution in [0.2, 0.25) is 10.0 Å². The maximum atomic E-state index is 14.0. The molecule has 1 unspecified atom stereocenters. The molecule has 0 aliphatic heterocycles. The number of nitrogens with one attached hydrogen (secondary N) is 1. The third-order valence-electron chi connectivity index (χ3n) is 8.18. The summed E-state index contributed by atoms with van der Waals surface area (Å²) in [6, 6.07) is 17.9. The average Bonchev–Trinajstić information content (AvgIpc) is 3.91. The first-order valence-electron chi connectivity index (χ1n) is 16.7. The molecular formula is C37H48Cl2N4O5. The number of nitrogens with two attached hydrogens (primary N) is 1. The van der Waals surface area contributed by atoms with Crippen LogP contribution in [0, 0.1) is 18.4 Å². The van der Waals surface area contributed by atoms with Gasteiger partial charge in [0.15, 0.2) is 5.75 Å². The molecule has 1 amide bonds. The van der Waals surface area contributed by atoms with Gasteiger partial charge in [-0.15, -0.1) is 0 Å². The molecule has 260 valence electrons. The Hall–Kier alpha value is -3.37. The third kappa shape index (κ3) is 11.9. The van der Waals surface area contributed by atoms with Crippen molar-refractivity contribution in [1.82, 2.24) is 4.90 Å². The number of amides is 1. The summed E-state index contributed by atoms with van der Waals surface area (Å²) in [6.45, 7) is 5.07. The second-order valence-corrected chi connectivity index (χ2v) is 13.1. The van der Waals surface area contributed by atoms with E-state index in [2.05, 4.69) is 17.2 Å². The highest BCUT2D eigenvalue weighted by Gasteiger charge is 2.35. The van der Waals surface area contributed by atoms with E-state index in [0.29, 0.717) is 60.9 Å². The Morgan fingerprint density at radius 3 is 2.25 bits per heavy atom. The molecule has 3 aromatic rings. The lowest BCUT2D eigenvalue weighted by molar-refractivity contribution is -0.136. The smallest absolute Gasteiger partial charge is 0.227 e. The van der Waals surface area contributed by atoms with Gasteiger partial charge in [0.25, 0.3) is 0 Å². The standard InChI is InChI=1S/C37H48Cl2N4O5/c1-26-18-34(38)36(35(39)19-26)48-17-16-47-32-11-7-27(8-12-32)21-30(24-40)37(44)43(31-9-10-31)25-29-20-28(6-5-14-45-2)22-33(23-29)46-15-4-3-13-42-41/h7-8,11-12,18-20,22-23,30-31,41H,3-6,9-10,13-17,21,24-25,40H2,1-2H3. The first-order chi connectivity index (χ1) is 23.3. The summed E-state index contributed by atoms with van der Waals surface area (Å²) in [5, 5.41) is 4.36. The van der Waals surface area contributed by atoms with Crippen LogP contribution in [0.1, 0.15) is 54.4 Å². The predicted molar refractivity (Wildman–Crippen MR) is 190 cm³/mol. The van der Waals surface area contributed by atoms with Gasteiger partial charge < -0.3 is 29.6 Å². The van der Waals surface area contributed by atoms with E-state index in [4.69, 9.17) is 53.4 Å². The van der Waals surface area contributed by atoms with E-state index < -0.39 is 0 Å². The second-order valence-electron chi connectivity index (χ2n) is 12.3. The Morgan fingerprint density at radius 1 is 0.896 bits per heavy atom. The van der Waals surface area contributed by atoms with Crippen LogP contribution >= 0.6 is 23.2 Å². The summed E-state index contributed by atoms with van der Waals surface area (Å²) in [5.74, 6) is 1.70. The second kappa shape index (κ2) is 19.6. The molecule has 3 aromatic carbocycles. The lowest BCUT2D eigenvalue weighted by Crippen LogP contribution is -2.41. The van der Waals surface area contributed by atoms with Crippen LogP contribution in [0.4, 0.5) is 0 Å². The molecule has 1 aliphatic carbocycles. The molecule has 48 heavy (non-hydrogen) atoms. The summed E-state index contributed by atoms with van der Waals surface area (Å²) in [5.41, 5.74) is 17.4. The van der Waals surface area contributed by atoms with Gasteiger partial charge in [0, 0.05) is 32.8 Å². The minimum Gasteiger partial charge on any atom is -0.494 e.